The molecule has 1 heterocycles. The van der Waals surface area contributed by atoms with Crippen LogP contribution in [-0.2, 0) is 7.05 Å². The lowest BCUT2D eigenvalue weighted by atomic mass is 10.0. The summed E-state index contributed by atoms with van der Waals surface area (Å²) in [6, 6.07) is 7.33. The average molecular weight is 375 g/mol. The highest BCUT2D eigenvalue weighted by Gasteiger charge is 2.40. The molecule has 26 heavy (non-hydrogen) atoms. The molecule has 2 aliphatic carbocycles. The van der Waals surface area contributed by atoms with Gasteiger partial charge in [0, 0.05) is 36.8 Å². The number of aromatic nitrogens is 2. The minimum Gasteiger partial charge on any atom is -0.319 e. The van der Waals surface area contributed by atoms with Crippen LogP contribution in [0.4, 0.5) is 5.69 Å². The molecule has 2 atom stereocenters. The van der Waals surface area contributed by atoms with Gasteiger partial charge in [0.15, 0.2) is 0 Å². The van der Waals surface area contributed by atoms with Crippen LogP contribution < -0.4 is 10.6 Å². The molecule has 2 N–H and O–H groups in total. The number of benzene rings is 1. The van der Waals surface area contributed by atoms with Gasteiger partial charge in [-0.3, -0.25) is 9.48 Å². The molecule has 1 aromatic carbocycles. The molecular formula is C20H27ClN4O. The molecule has 1 aromatic heterocycles. The first-order chi connectivity index (χ1) is 12.1. The molecule has 2 aliphatic rings. The average Bonchev–Trinajstić information content (AvgIpc) is 2.94. The molecule has 4 rings (SSSR count). The third-order valence-electron chi connectivity index (χ3n) is 5.50. The lowest BCUT2D eigenvalue weighted by Crippen LogP contribution is -2.29. The maximum Gasteiger partial charge on any atom is 0.255 e. The highest BCUT2D eigenvalue weighted by atomic mass is 35.5. The van der Waals surface area contributed by atoms with Crippen molar-refractivity contribution >= 4 is 24.0 Å². The molecule has 5 nitrogen and oxygen atoms in total. The normalized spacial score (nSPS) is 22.1. The van der Waals surface area contributed by atoms with Gasteiger partial charge in [0.2, 0.25) is 0 Å². The molecule has 0 radical (unpaired) electrons. The summed E-state index contributed by atoms with van der Waals surface area (Å²) >= 11 is 0. The van der Waals surface area contributed by atoms with Crippen LogP contribution in [0.1, 0.15) is 59.5 Å². The number of nitrogens with one attached hydrogen (secondary N) is 2. The van der Waals surface area contributed by atoms with E-state index in [4.69, 9.17) is 0 Å². The summed E-state index contributed by atoms with van der Waals surface area (Å²) in [7, 11) is 1.84. The predicted octanol–water partition coefficient (Wildman–Crippen LogP) is 3.79. The summed E-state index contributed by atoms with van der Waals surface area (Å²) in [4.78, 5) is 12.5. The maximum atomic E-state index is 12.5. The molecule has 1 amide bonds. The van der Waals surface area contributed by atoms with E-state index in [1.165, 1.54) is 43.2 Å². The summed E-state index contributed by atoms with van der Waals surface area (Å²) in [5, 5.41) is 10.8. The van der Waals surface area contributed by atoms with Gasteiger partial charge in [-0.05, 0) is 49.4 Å². The topological polar surface area (TPSA) is 59.0 Å². The Kier molecular flexibility index (Phi) is 5.68. The van der Waals surface area contributed by atoms with E-state index >= 15 is 0 Å². The standard InChI is InChI=1S/C20H26N4O.ClH/c1-13-7-8-14(20(25)23-16-11-21-24(2)12-16)9-17(13)18-10-19(18)22-15-5-3-4-6-15;/h7-9,11-12,15,18-19,22H,3-6,10H2,1-2H3,(H,23,25);1H. The zero-order valence-corrected chi connectivity index (χ0v) is 16.2. The Morgan fingerprint density at radius 3 is 2.73 bits per heavy atom. The molecule has 0 spiro atoms. The molecule has 2 saturated carbocycles. The number of carbonyl (C=O) groups excluding carboxylic acids is 1. The summed E-state index contributed by atoms with van der Waals surface area (Å²) < 4.78 is 1.68. The zero-order valence-electron chi connectivity index (χ0n) is 15.4. The monoisotopic (exact) mass is 374 g/mol. The van der Waals surface area contributed by atoms with Gasteiger partial charge in [-0.1, -0.05) is 18.9 Å². The fraction of sp³-hybridized carbons (Fsp3) is 0.500. The summed E-state index contributed by atoms with van der Waals surface area (Å²) in [6.07, 6.45) is 10.00. The van der Waals surface area contributed by atoms with Gasteiger partial charge >= 0.3 is 0 Å². The van der Waals surface area contributed by atoms with Crippen molar-refractivity contribution in [2.45, 2.75) is 57.0 Å². The van der Waals surface area contributed by atoms with Crippen LogP contribution in [0, 0.1) is 6.92 Å². The van der Waals surface area contributed by atoms with Crippen LogP contribution in [0.2, 0.25) is 0 Å². The largest absolute Gasteiger partial charge is 0.319 e. The van der Waals surface area contributed by atoms with Gasteiger partial charge in [0.25, 0.3) is 5.91 Å². The van der Waals surface area contributed by atoms with Crippen LogP contribution in [-0.4, -0.2) is 27.8 Å². The van der Waals surface area contributed by atoms with Gasteiger partial charge < -0.3 is 10.6 Å². The minimum atomic E-state index is -0.0739. The summed E-state index contributed by atoms with van der Waals surface area (Å²) in [6.45, 7) is 2.14. The van der Waals surface area contributed by atoms with Crippen molar-refractivity contribution in [1.82, 2.24) is 15.1 Å². The molecular weight excluding hydrogens is 348 g/mol. The van der Waals surface area contributed by atoms with E-state index in [1.54, 1.807) is 17.1 Å². The van der Waals surface area contributed by atoms with Crippen molar-refractivity contribution in [3.63, 3.8) is 0 Å². The SMILES string of the molecule is Cc1ccc(C(=O)Nc2cnn(C)c2)cc1C1CC1NC1CCCC1.Cl. The first kappa shape index (κ1) is 18.9. The molecule has 0 saturated heterocycles. The lowest BCUT2D eigenvalue weighted by Gasteiger charge is -2.13. The Hall–Kier alpha value is -1.85. The second kappa shape index (κ2) is 7.80. The van der Waals surface area contributed by atoms with E-state index in [9.17, 15) is 4.79 Å². The van der Waals surface area contributed by atoms with E-state index in [-0.39, 0.29) is 18.3 Å². The number of halogens is 1. The van der Waals surface area contributed by atoms with E-state index < -0.39 is 0 Å². The van der Waals surface area contributed by atoms with E-state index in [0.717, 1.165) is 11.3 Å². The maximum absolute atomic E-state index is 12.5. The Bertz CT molecular complexity index is 782. The zero-order chi connectivity index (χ0) is 17.4. The van der Waals surface area contributed by atoms with Gasteiger partial charge in [0.1, 0.15) is 0 Å². The molecule has 2 aromatic rings. The van der Waals surface area contributed by atoms with Gasteiger partial charge in [-0.25, -0.2) is 0 Å². The van der Waals surface area contributed by atoms with Crippen molar-refractivity contribution in [3.8, 4) is 0 Å². The second-order valence-corrected chi connectivity index (χ2v) is 7.52. The third-order valence-corrected chi connectivity index (χ3v) is 5.50. The number of anilines is 1. The second-order valence-electron chi connectivity index (χ2n) is 7.52. The molecule has 2 unspecified atom stereocenters. The van der Waals surface area contributed by atoms with Crippen LogP contribution in [0.5, 0.6) is 0 Å². The van der Waals surface area contributed by atoms with Gasteiger partial charge in [-0.2, -0.15) is 5.10 Å². The van der Waals surface area contributed by atoms with Crippen molar-refractivity contribution in [2.24, 2.45) is 7.05 Å². The quantitative estimate of drug-likeness (QED) is 0.837. The van der Waals surface area contributed by atoms with Crippen molar-refractivity contribution in [2.75, 3.05) is 5.32 Å². The number of hydrogen-bond acceptors (Lipinski definition) is 3. The molecule has 140 valence electrons. The molecule has 2 fully saturated rings. The van der Waals surface area contributed by atoms with Crippen molar-refractivity contribution in [3.05, 3.63) is 47.3 Å². The highest BCUT2D eigenvalue weighted by molar-refractivity contribution is 6.04. The molecule has 0 aliphatic heterocycles. The van der Waals surface area contributed by atoms with Crippen molar-refractivity contribution in [1.29, 1.82) is 0 Å². The lowest BCUT2D eigenvalue weighted by molar-refractivity contribution is 0.102. The predicted molar refractivity (Wildman–Crippen MR) is 106 cm³/mol. The molecule has 6 heteroatoms. The van der Waals surface area contributed by atoms with E-state index in [2.05, 4.69) is 34.8 Å². The van der Waals surface area contributed by atoms with Crippen LogP contribution in [0.15, 0.2) is 30.6 Å². The fourth-order valence-corrected chi connectivity index (χ4v) is 3.99. The number of aryl methyl sites for hydroxylation is 2. The Morgan fingerprint density at radius 2 is 2.04 bits per heavy atom. The summed E-state index contributed by atoms with van der Waals surface area (Å²) in [5.41, 5.74) is 4.03. The fourth-order valence-electron chi connectivity index (χ4n) is 3.99. The van der Waals surface area contributed by atoms with Crippen LogP contribution in [0.3, 0.4) is 0 Å². The number of nitrogens with zero attached hydrogens (tertiary/aromatic N) is 2. The van der Waals surface area contributed by atoms with E-state index in [0.29, 0.717) is 18.0 Å². The third kappa shape index (κ3) is 4.10. The smallest absolute Gasteiger partial charge is 0.255 e. The number of rotatable bonds is 5. The Balaban J connectivity index is 0.00000196. The first-order valence-corrected chi connectivity index (χ1v) is 9.27. The molecule has 0 bridgehead atoms. The Labute approximate surface area is 161 Å². The number of amides is 1. The number of hydrogen-bond donors (Lipinski definition) is 2. The van der Waals surface area contributed by atoms with Gasteiger partial charge in [0.05, 0.1) is 11.9 Å². The summed E-state index contributed by atoms with van der Waals surface area (Å²) in [5.74, 6) is 0.474. The number of carbonyl (C=O) groups is 1. The van der Waals surface area contributed by atoms with Gasteiger partial charge in [-0.15, -0.1) is 12.4 Å². The first-order valence-electron chi connectivity index (χ1n) is 9.27. The van der Waals surface area contributed by atoms with Crippen molar-refractivity contribution < 1.29 is 4.79 Å². The van der Waals surface area contributed by atoms with Crippen LogP contribution >= 0.6 is 12.4 Å². The Morgan fingerprint density at radius 1 is 1.27 bits per heavy atom. The highest BCUT2D eigenvalue weighted by Crippen LogP contribution is 2.43. The minimum absolute atomic E-state index is 0. The van der Waals surface area contributed by atoms with E-state index in [1.807, 2.05) is 13.1 Å². The van der Waals surface area contributed by atoms with Crippen LogP contribution in [0.25, 0.3) is 0 Å².